The fraction of sp³-hybridized carbons (Fsp3) is 0.346. The Bertz CT molecular complexity index is 1650. The number of carbonyl (C=O) groups excluding carboxylic acids is 3. The van der Waals surface area contributed by atoms with Gasteiger partial charge in [0, 0.05) is 30.1 Å². The van der Waals surface area contributed by atoms with Crippen LogP contribution in [0.3, 0.4) is 0 Å². The molecule has 210 valence electrons. The molecule has 2 aromatic heterocycles. The third-order valence-electron chi connectivity index (χ3n) is 6.88. The smallest absolute Gasteiger partial charge is 0.420 e. The molecular formula is C26H23F3N4O7. The molecule has 0 unspecified atom stereocenters. The fourth-order valence-electron chi connectivity index (χ4n) is 4.96. The first-order chi connectivity index (χ1) is 18.9. The van der Waals surface area contributed by atoms with Crippen LogP contribution in [0.4, 0.5) is 22.8 Å². The molecule has 0 fully saturated rings. The molecule has 5 rings (SSSR count). The van der Waals surface area contributed by atoms with E-state index in [1.54, 1.807) is 19.9 Å². The Morgan fingerprint density at radius 1 is 1.15 bits per heavy atom. The lowest BCUT2D eigenvalue weighted by Gasteiger charge is -2.35. The van der Waals surface area contributed by atoms with Gasteiger partial charge in [-0.1, -0.05) is 6.92 Å². The van der Waals surface area contributed by atoms with E-state index in [2.05, 4.69) is 15.6 Å². The van der Waals surface area contributed by atoms with Gasteiger partial charge in [-0.15, -0.1) is 0 Å². The highest BCUT2D eigenvalue weighted by molar-refractivity contribution is 5.89. The molecule has 0 bridgehead atoms. The first kappa shape index (κ1) is 27.0. The average molecular weight is 560 g/mol. The summed E-state index contributed by atoms with van der Waals surface area (Å²) >= 11 is 0. The van der Waals surface area contributed by atoms with E-state index in [9.17, 15) is 32.3 Å². The van der Waals surface area contributed by atoms with Crippen molar-refractivity contribution in [3.63, 3.8) is 0 Å². The number of alkyl halides is 3. The normalized spacial score (nSPS) is 17.4. The van der Waals surface area contributed by atoms with Crippen molar-refractivity contribution in [3.8, 4) is 17.1 Å². The van der Waals surface area contributed by atoms with Crippen LogP contribution in [-0.2, 0) is 39.2 Å². The molecule has 2 aliphatic heterocycles. The lowest BCUT2D eigenvalue weighted by molar-refractivity contribution is -0.172. The third-order valence-corrected chi connectivity index (χ3v) is 6.88. The Morgan fingerprint density at radius 3 is 2.55 bits per heavy atom. The lowest BCUT2D eigenvalue weighted by atomic mass is 9.85. The van der Waals surface area contributed by atoms with Crippen molar-refractivity contribution >= 4 is 29.1 Å². The second-order valence-corrected chi connectivity index (χ2v) is 9.16. The number of ether oxygens (including phenoxy) is 3. The quantitative estimate of drug-likeness (QED) is 0.362. The highest BCUT2D eigenvalue weighted by Crippen LogP contribution is 2.43. The maximum absolute atomic E-state index is 13.8. The van der Waals surface area contributed by atoms with Crippen LogP contribution < -0.4 is 20.9 Å². The number of amides is 2. The van der Waals surface area contributed by atoms with Crippen LogP contribution in [0.25, 0.3) is 22.3 Å². The van der Waals surface area contributed by atoms with Gasteiger partial charge in [-0.3, -0.25) is 4.79 Å². The molecule has 11 nitrogen and oxygen atoms in total. The summed E-state index contributed by atoms with van der Waals surface area (Å²) in [7, 11) is 1.22. The van der Waals surface area contributed by atoms with E-state index < -0.39 is 46.8 Å². The van der Waals surface area contributed by atoms with Crippen LogP contribution >= 0.6 is 0 Å². The molecule has 40 heavy (non-hydrogen) atoms. The topological polar surface area (TPSA) is 138 Å². The predicted molar refractivity (Wildman–Crippen MR) is 133 cm³/mol. The molecule has 4 heterocycles. The van der Waals surface area contributed by atoms with Crippen LogP contribution in [0, 0.1) is 0 Å². The number of aromatic nitrogens is 2. The van der Waals surface area contributed by atoms with Crippen LogP contribution in [0.1, 0.15) is 42.5 Å². The number of cyclic esters (lactones) is 1. The summed E-state index contributed by atoms with van der Waals surface area (Å²) in [5.74, 6) is -1.55. The van der Waals surface area contributed by atoms with Gasteiger partial charge >= 0.3 is 24.3 Å². The molecule has 3 aromatic rings. The highest BCUT2D eigenvalue weighted by Gasteiger charge is 2.50. The van der Waals surface area contributed by atoms with Gasteiger partial charge in [0.15, 0.2) is 0 Å². The molecule has 2 N–H and O–H groups in total. The number of rotatable bonds is 4. The van der Waals surface area contributed by atoms with Gasteiger partial charge < -0.3 is 29.4 Å². The maximum atomic E-state index is 13.8. The van der Waals surface area contributed by atoms with E-state index in [0.29, 0.717) is 5.56 Å². The molecule has 0 saturated carbocycles. The van der Waals surface area contributed by atoms with Crippen molar-refractivity contribution in [2.45, 2.75) is 45.2 Å². The first-order valence-electron chi connectivity index (χ1n) is 12.3. The Labute approximate surface area is 224 Å². The summed E-state index contributed by atoms with van der Waals surface area (Å²) in [6, 6.07) is 4.88. The summed E-state index contributed by atoms with van der Waals surface area (Å²) < 4.78 is 58.5. The van der Waals surface area contributed by atoms with Crippen molar-refractivity contribution in [2.75, 3.05) is 13.6 Å². The Hall–Kier alpha value is -4.62. The van der Waals surface area contributed by atoms with Crippen molar-refractivity contribution in [3.05, 3.63) is 56.9 Å². The van der Waals surface area contributed by atoms with Crippen LogP contribution in [-0.4, -0.2) is 41.3 Å². The Balaban J connectivity index is 1.70. The molecule has 0 spiro atoms. The Kier molecular flexibility index (Phi) is 6.43. The molecule has 1 atom stereocenters. The number of esters is 1. The van der Waals surface area contributed by atoms with Crippen LogP contribution in [0.15, 0.2) is 29.1 Å². The summed E-state index contributed by atoms with van der Waals surface area (Å²) in [6.45, 7) is 3.19. The van der Waals surface area contributed by atoms with Gasteiger partial charge in [0.2, 0.25) is 5.60 Å². The number of alkyl carbamates (subject to hydrolysis) is 1. The number of carbonyl (C=O) groups is 3. The second-order valence-electron chi connectivity index (χ2n) is 9.16. The number of halogens is 3. The van der Waals surface area contributed by atoms with E-state index in [-0.39, 0.29) is 59.5 Å². The van der Waals surface area contributed by atoms with Gasteiger partial charge in [0.1, 0.15) is 17.9 Å². The van der Waals surface area contributed by atoms with Gasteiger partial charge in [-0.2, -0.15) is 13.2 Å². The Morgan fingerprint density at radius 2 is 1.90 bits per heavy atom. The minimum absolute atomic E-state index is 0.0383. The van der Waals surface area contributed by atoms with Crippen molar-refractivity contribution in [1.29, 1.82) is 0 Å². The number of hydrogen-bond acceptors (Lipinski definition) is 8. The summed E-state index contributed by atoms with van der Waals surface area (Å²) in [4.78, 5) is 55.0. The molecule has 14 heteroatoms. The SMILES string of the molecule is CCNC(=O)O[C@]1(CC)C(=O)OCc2c1cc1n(c2=O)Cc2cc3cc(OC(=O)NC)c(C(F)(F)F)cc3nc2-1. The van der Waals surface area contributed by atoms with E-state index >= 15 is 0 Å². The molecule has 0 radical (unpaired) electrons. The zero-order valence-corrected chi connectivity index (χ0v) is 21.5. The molecule has 2 amide bonds. The van der Waals surface area contributed by atoms with Crippen molar-refractivity contribution in [1.82, 2.24) is 20.2 Å². The van der Waals surface area contributed by atoms with Gasteiger partial charge in [0.25, 0.3) is 5.56 Å². The minimum atomic E-state index is -4.86. The number of nitrogens with one attached hydrogen (secondary N) is 2. The number of benzene rings is 1. The van der Waals surface area contributed by atoms with Gasteiger partial charge in [-0.05, 0) is 37.6 Å². The molecule has 0 aliphatic carbocycles. The summed E-state index contributed by atoms with van der Waals surface area (Å²) in [5.41, 5.74) is -2.46. The van der Waals surface area contributed by atoms with Crippen LogP contribution in [0.5, 0.6) is 5.75 Å². The average Bonchev–Trinajstić information content (AvgIpc) is 3.26. The maximum Gasteiger partial charge on any atom is 0.420 e. The first-order valence-corrected chi connectivity index (χ1v) is 12.3. The standard InChI is InChI=1S/C26H23F3N4O7/c1-4-25(40-24(37)31-5-2)15-9-18-20-13(10-33(18)21(34)14(15)11-38-22(25)35)6-12-7-19(39-23(36)30-3)16(26(27,28)29)8-17(12)32-20/h6-9H,4-5,10-11H2,1-3H3,(H,30,36)(H,31,37)/t25-/m0/s1. The van der Waals surface area contributed by atoms with Gasteiger partial charge in [-0.25, -0.2) is 19.4 Å². The zero-order chi connectivity index (χ0) is 29.0. The van der Waals surface area contributed by atoms with E-state index in [1.165, 1.54) is 17.7 Å². The van der Waals surface area contributed by atoms with Gasteiger partial charge in [0.05, 0.1) is 29.0 Å². The number of pyridine rings is 2. The number of hydrogen-bond donors (Lipinski definition) is 2. The third kappa shape index (κ3) is 4.19. The van der Waals surface area contributed by atoms with Crippen molar-refractivity contribution < 1.29 is 41.8 Å². The molecule has 0 saturated heterocycles. The molecule has 2 aliphatic rings. The fourth-order valence-corrected chi connectivity index (χ4v) is 4.96. The zero-order valence-electron chi connectivity index (χ0n) is 21.5. The minimum Gasteiger partial charge on any atom is -0.457 e. The largest absolute Gasteiger partial charge is 0.457 e. The number of nitrogens with zero attached hydrogens (tertiary/aromatic N) is 2. The predicted octanol–water partition coefficient (Wildman–Crippen LogP) is 3.57. The lowest BCUT2D eigenvalue weighted by Crippen LogP contribution is -2.49. The van der Waals surface area contributed by atoms with Crippen molar-refractivity contribution in [2.24, 2.45) is 0 Å². The van der Waals surface area contributed by atoms with E-state index in [1.807, 2.05) is 0 Å². The second kappa shape index (κ2) is 9.54. The van der Waals surface area contributed by atoms with E-state index in [0.717, 1.165) is 12.1 Å². The summed E-state index contributed by atoms with van der Waals surface area (Å²) in [6.07, 6.45) is -6.85. The number of fused-ring (bicyclic) bond motifs is 5. The van der Waals surface area contributed by atoms with E-state index in [4.69, 9.17) is 14.2 Å². The highest BCUT2D eigenvalue weighted by atomic mass is 19.4. The van der Waals surface area contributed by atoms with Crippen LogP contribution in [0.2, 0.25) is 0 Å². The monoisotopic (exact) mass is 560 g/mol. The summed E-state index contributed by atoms with van der Waals surface area (Å²) in [5, 5.41) is 4.81. The molecule has 1 aromatic carbocycles. The molecular weight excluding hydrogens is 537 g/mol.